The van der Waals surface area contributed by atoms with E-state index in [-0.39, 0.29) is 5.91 Å². The molecule has 6 nitrogen and oxygen atoms in total. The fraction of sp³-hybridized carbons (Fsp3) is 0.600. The van der Waals surface area contributed by atoms with E-state index in [0.717, 1.165) is 16.4 Å². The van der Waals surface area contributed by atoms with Crippen LogP contribution in [0.2, 0.25) is 0 Å². The summed E-state index contributed by atoms with van der Waals surface area (Å²) in [5.41, 5.74) is 0.413. The Morgan fingerprint density at radius 1 is 1.33 bits per heavy atom. The molecule has 0 radical (unpaired) electrons. The zero-order valence-corrected chi connectivity index (χ0v) is 17.0. The highest BCUT2D eigenvalue weighted by molar-refractivity contribution is 9.10. The molecule has 0 spiro atoms. The molecule has 0 atom stereocenters. The van der Waals surface area contributed by atoms with Crippen LogP contribution in [-0.2, 0) is 11.3 Å². The third-order valence-corrected chi connectivity index (χ3v) is 6.34. The van der Waals surface area contributed by atoms with Gasteiger partial charge in [-0.3, -0.25) is 4.79 Å². The molecule has 4 rings (SSSR count). The normalized spacial score (nSPS) is 20.2. The minimum Gasteiger partial charge on any atom is -0.383 e. The van der Waals surface area contributed by atoms with E-state index in [1.165, 1.54) is 38.5 Å². The van der Waals surface area contributed by atoms with Crippen LogP contribution in [-0.4, -0.2) is 45.9 Å². The first-order chi connectivity index (χ1) is 13.1. The number of nitrogens with zero attached hydrogens (tertiary/aromatic N) is 2. The number of aromatic nitrogens is 2. The Labute approximate surface area is 167 Å². The molecule has 1 saturated heterocycles. The Morgan fingerprint density at radius 3 is 2.74 bits per heavy atom. The molecular formula is C20H26BrN3O3. The molecule has 2 aliphatic rings. The minimum absolute atomic E-state index is 0.0754. The number of hydrogen-bond acceptors (Lipinski definition) is 4. The second-order valence-corrected chi connectivity index (χ2v) is 8.80. The third kappa shape index (κ3) is 4.05. The van der Waals surface area contributed by atoms with Gasteiger partial charge in [0.05, 0.1) is 25.3 Å². The van der Waals surface area contributed by atoms with Crippen molar-refractivity contribution in [1.82, 2.24) is 14.9 Å². The summed E-state index contributed by atoms with van der Waals surface area (Å²) in [5, 5.41) is 14.4. The zero-order valence-electron chi connectivity index (χ0n) is 15.4. The summed E-state index contributed by atoms with van der Waals surface area (Å²) in [4.78, 5) is 17.4. The highest BCUT2D eigenvalue weighted by atomic mass is 79.9. The standard InChI is InChI=1S/C20H26BrN3O3/c21-16-7-8-22-18-17(16)15(10-24(18)11-20(26)12-27-13-20)19(25)23-9-14-5-3-1-2-4-6-14/h7-8,10,14,26H,1-6,9,11-13H2,(H,23,25). The molecule has 2 aromatic rings. The third-order valence-electron chi connectivity index (χ3n) is 5.68. The highest BCUT2D eigenvalue weighted by Crippen LogP contribution is 2.30. The largest absolute Gasteiger partial charge is 0.383 e. The fourth-order valence-electron chi connectivity index (χ4n) is 4.12. The SMILES string of the molecule is O=C(NCC1CCCCCC1)c1cn(CC2(O)COC2)c2nccc(Br)c12. The van der Waals surface area contributed by atoms with Crippen molar-refractivity contribution in [2.45, 2.75) is 50.7 Å². The molecule has 1 saturated carbocycles. The number of aliphatic hydroxyl groups is 1. The first-order valence-corrected chi connectivity index (χ1v) is 10.6. The number of ether oxygens (including phenoxy) is 1. The van der Waals surface area contributed by atoms with Crippen LogP contribution in [0.4, 0.5) is 0 Å². The van der Waals surface area contributed by atoms with E-state index in [0.29, 0.717) is 36.9 Å². The van der Waals surface area contributed by atoms with Gasteiger partial charge in [-0.1, -0.05) is 25.7 Å². The number of nitrogens with one attached hydrogen (secondary N) is 1. The summed E-state index contributed by atoms with van der Waals surface area (Å²) in [5.74, 6) is 0.493. The molecule has 1 aliphatic heterocycles. The molecular weight excluding hydrogens is 410 g/mol. The number of halogens is 1. The second kappa shape index (κ2) is 7.89. The molecule has 27 heavy (non-hydrogen) atoms. The van der Waals surface area contributed by atoms with Crippen LogP contribution in [0, 0.1) is 5.92 Å². The summed E-state index contributed by atoms with van der Waals surface area (Å²) in [6, 6.07) is 1.84. The lowest BCUT2D eigenvalue weighted by Crippen LogP contribution is -2.52. The summed E-state index contributed by atoms with van der Waals surface area (Å²) >= 11 is 3.56. The lowest BCUT2D eigenvalue weighted by atomic mass is 10.0. The van der Waals surface area contributed by atoms with E-state index >= 15 is 0 Å². The highest BCUT2D eigenvalue weighted by Gasteiger charge is 2.37. The van der Waals surface area contributed by atoms with Gasteiger partial charge in [0.2, 0.25) is 0 Å². The smallest absolute Gasteiger partial charge is 0.253 e. The van der Waals surface area contributed by atoms with E-state index in [9.17, 15) is 9.90 Å². The molecule has 0 bridgehead atoms. The van der Waals surface area contributed by atoms with Crippen molar-refractivity contribution in [2.24, 2.45) is 5.92 Å². The van der Waals surface area contributed by atoms with Crippen molar-refractivity contribution >= 4 is 32.9 Å². The number of hydrogen-bond donors (Lipinski definition) is 2. The topological polar surface area (TPSA) is 76.4 Å². The summed E-state index contributed by atoms with van der Waals surface area (Å²) in [6.07, 6.45) is 11.0. The molecule has 1 amide bonds. The number of carbonyl (C=O) groups is 1. The van der Waals surface area contributed by atoms with Crippen molar-refractivity contribution in [3.8, 4) is 0 Å². The van der Waals surface area contributed by atoms with E-state index in [1.807, 2.05) is 10.6 Å². The summed E-state index contributed by atoms with van der Waals surface area (Å²) in [6.45, 7) is 1.71. The van der Waals surface area contributed by atoms with Crippen LogP contribution < -0.4 is 5.32 Å². The quantitative estimate of drug-likeness (QED) is 0.706. The Hall–Kier alpha value is -1.44. The lowest BCUT2D eigenvalue weighted by Gasteiger charge is -2.36. The molecule has 2 N–H and O–H groups in total. The maximum absolute atomic E-state index is 12.9. The summed E-state index contributed by atoms with van der Waals surface area (Å²) in [7, 11) is 0. The van der Waals surface area contributed by atoms with Gasteiger partial charge in [-0.15, -0.1) is 0 Å². The molecule has 3 heterocycles. The maximum Gasteiger partial charge on any atom is 0.253 e. The monoisotopic (exact) mass is 435 g/mol. The Bertz CT molecular complexity index is 823. The van der Waals surface area contributed by atoms with Gasteiger partial charge < -0.3 is 19.7 Å². The number of fused-ring (bicyclic) bond motifs is 1. The average molecular weight is 436 g/mol. The second-order valence-electron chi connectivity index (χ2n) is 7.95. The minimum atomic E-state index is -0.885. The Morgan fingerprint density at radius 2 is 2.07 bits per heavy atom. The Kier molecular flexibility index (Phi) is 5.53. The first kappa shape index (κ1) is 18.9. The lowest BCUT2D eigenvalue weighted by molar-refractivity contribution is -0.184. The molecule has 1 aliphatic carbocycles. The Balaban J connectivity index is 1.55. The molecule has 2 fully saturated rings. The van der Waals surface area contributed by atoms with Gasteiger partial charge in [-0.2, -0.15) is 0 Å². The van der Waals surface area contributed by atoms with Gasteiger partial charge in [0.15, 0.2) is 0 Å². The van der Waals surface area contributed by atoms with Crippen molar-refractivity contribution in [3.05, 3.63) is 28.5 Å². The summed E-state index contributed by atoms with van der Waals surface area (Å²) < 4.78 is 7.84. The molecule has 0 unspecified atom stereocenters. The van der Waals surface area contributed by atoms with E-state index < -0.39 is 5.60 Å². The van der Waals surface area contributed by atoms with Gasteiger partial charge in [-0.25, -0.2) is 4.98 Å². The van der Waals surface area contributed by atoms with Gasteiger partial charge >= 0.3 is 0 Å². The van der Waals surface area contributed by atoms with Crippen LogP contribution in [0.15, 0.2) is 22.9 Å². The van der Waals surface area contributed by atoms with E-state index in [2.05, 4.69) is 26.2 Å². The van der Waals surface area contributed by atoms with E-state index in [4.69, 9.17) is 4.74 Å². The van der Waals surface area contributed by atoms with Crippen LogP contribution in [0.5, 0.6) is 0 Å². The number of rotatable bonds is 5. The molecule has 0 aromatic carbocycles. The molecule has 7 heteroatoms. The number of amides is 1. The van der Waals surface area contributed by atoms with Crippen LogP contribution in [0.3, 0.4) is 0 Å². The van der Waals surface area contributed by atoms with Gasteiger partial charge in [0, 0.05) is 28.8 Å². The number of carbonyl (C=O) groups excluding carboxylic acids is 1. The van der Waals surface area contributed by atoms with Crippen LogP contribution >= 0.6 is 15.9 Å². The van der Waals surface area contributed by atoms with Crippen molar-refractivity contribution in [1.29, 1.82) is 0 Å². The van der Waals surface area contributed by atoms with E-state index in [1.54, 1.807) is 12.4 Å². The molecule has 146 valence electrons. The van der Waals surface area contributed by atoms with Crippen LogP contribution in [0.1, 0.15) is 48.9 Å². The van der Waals surface area contributed by atoms with Crippen molar-refractivity contribution in [3.63, 3.8) is 0 Å². The zero-order chi connectivity index (χ0) is 18.9. The predicted molar refractivity (Wildman–Crippen MR) is 107 cm³/mol. The maximum atomic E-state index is 12.9. The molecule has 2 aromatic heterocycles. The van der Waals surface area contributed by atoms with Crippen molar-refractivity contribution in [2.75, 3.05) is 19.8 Å². The predicted octanol–water partition coefficient (Wildman–Crippen LogP) is 3.26. The fourth-order valence-corrected chi connectivity index (χ4v) is 4.62. The van der Waals surface area contributed by atoms with Gasteiger partial charge in [0.25, 0.3) is 5.91 Å². The van der Waals surface area contributed by atoms with Gasteiger partial charge in [-0.05, 0) is 40.8 Å². The van der Waals surface area contributed by atoms with Crippen LogP contribution in [0.25, 0.3) is 11.0 Å². The van der Waals surface area contributed by atoms with Gasteiger partial charge in [0.1, 0.15) is 11.2 Å². The van der Waals surface area contributed by atoms with Crippen molar-refractivity contribution < 1.29 is 14.6 Å². The number of pyridine rings is 1. The average Bonchev–Trinajstić information content (AvgIpc) is 2.81. The first-order valence-electron chi connectivity index (χ1n) is 9.77.